The Balaban J connectivity index is 1.48. The van der Waals surface area contributed by atoms with Crippen molar-refractivity contribution in [3.05, 3.63) is 29.1 Å². The second kappa shape index (κ2) is 6.02. The molecule has 5 rings (SSSR count). The molecule has 1 aromatic carbocycles. The molecule has 0 spiro atoms. The Hall–Kier alpha value is -2.48. The number of fused-ring (bicyclic) bond motifs is 3. The Morgan fingerprint density at radius 1 is 1.04 bits per heavy atom. The lowest BCUT2D eigenvalue weighted by Crippen LogP contribution is -2.52. The van der Waals surface area contributed by atoms with Crippen LogP contribution in [0.5, 0.6) is 0 Å². The number of hydrogen-bond acceptors (Lipinski definition) is 5. The summed E-state index contributed by atoms with van der Waals surface area (Å²) in [6, 6.07) is 2.88. The zero-order valence-corrected chi connectivity index (χ0v) is 14.8. The van der Waals surface area contributed by atoms with E-state index in [-0.39, 0.29) is 30.6 Å². The number of piperidine rings is 1. The normalized spacial score (nSPS) is 30.0. The maximum Gasteiger partial charge on any atom is 0.255 e. The van der Waals surface area contributed by atoms with Crippen LogP contribution in [0, 0.1) is 5.82 Å². The van der Waals surface area contributed by atoms with Crippen LogP contribution in [0.25, 0.3) is 0 Å². The minimum atomic E-state index is -0.683. The molecule has 3 atom stereocenters. The smallest absolute Gasteiger partial charge is 0.255 e. The fraction of sp³-hybridized carbons (Fsp3) is 0.526. The molecule has 1 aromatic rings. The van der Waals surface area contributed by atoms with Crippen molar-refractivity contribution in [2.75, 3.05) is 18.0 Å². The Kier molecular flexibility index (Phi) is 3.72. The number of carbonyl (C=O) groups is 3. The topological polar surface area (TPSA) is 81.8 Å². The number of hydrogen-bond donors (Lipinski definition) is 2. The van der Waals surface area contributed by atoms with Gasteiger partial charge in [-0.25, -0.2) is 4.39 Å². The highest BCUT2D eigenvalue weighted by Gasteiger charge is 2.42. The van der Waals surface area contributed by atoms with Crippen LogP contribution < -0.4 is 15.5 Å². The van der Waals surface area contributed by atoms with Gasteiger partial charge in [0, 0.05) is 49.3 Å². The maximum atomic E-state index is 14.8. The van der Waals surface area contributed by atoms with E-state index >= 15 is 0 Å². The van der Waals surface area contributed by atoms with E-state index < -0.39 is 11.9 Å². The highest BCUT2D eigenvalue weighted by molar-refractivity contribution is 6.06. The number of nitrogens with zero attached hydrogens (tertiary/aromatic N) is 2. The fourth-order valence-electron chi connectivity index (χ4n) is 4.92. The summed E-state index contributed by atoms with van der Waals surface area (Å²) in [6.07, 6.45) is 2.68. The number of piperazine rings is 1. The molecule has 0 radical (unpaired) electrons. The molecule has 0 saturated carbocycles. The van der Waals surface area contributed by atoms with Gasteiger partial charge in [0.15, 0.2) is 0 Å². The van der Waals surface area contributed by atoms with Crippen LogP contribution in [-0.4, -0.2) is 53.8 Å². The molecule has 4 aliphatic heterocycles. The number of benzene rings is 1. The number of imide groups is 1. The lowest BCUT2D eigenvalue weighted by molar-refractivity contribution is -0.136. The zero-order valence-electron chi connectivity index (χ0n) is 14.8. The molecular weight excluding hydrogens is 351 g/mol. The third kappa shape index (κ3) is 2.62. The molecule has 3 fully saturated rings. The molecule has 3 saturated heterocycles. The molecule has 3 amide bonds. The zero-order chi connectivity index (χ0) is 18.7. The van der Waals surface area contributed by atoms with Gasteiger partial charge < -0.3 is 15.1 Å². The van der Waals surface area contributed by atoms with Gasteiger partial charge in [-0.2, -0.15) is 0 Å². The summed E-state index contributed by atoms with van der Waals surface area (Å²) in [5.74, 6) is -1.36. The van der Waals surface area contributed by atoms with Crippen LogP contribution in [0.15, 0.2) is 12.1 Å². The van der Waals surface area contributed by atoms with E-state index in [1.54, 1.807) is 0 Å². The van der Waals surface area contributed by atoms with Crippen molar-refractivity contribution in [1.29, 1.82) is 0 Å². The highest BCUT2D eigenvalue weighted by Crippen LogP contribution is 2.37. The van der Waals surface area contributed by atoms with Gasteiger partial charge in [0.2, 0.25) is 11.8 Å². The van der Waals surface area contributed by atoms with Crippen LogP contribution in [0.4, 0.5) is 10.1 Å². The summed E-state index contributed by atoms with van der Waals surface area (Å²) in [5.41, 5.74) is 1.61. The van der Waals surface area contributed by atoms with E-state index in [0.29, 0.717) is 35.3 Å². The number of carbonyl (C=O) groups excluding carboxylic acids is 3. The fourth-order valence-corrected chi connectivity index (χ4v) is 4.92. The van der Waals surface area contributed by atoms with Crippen molar-refractivity contribution in [1.82, 2.24) is 15.5 Å². The van der Waals surface area contributed by atoms with Crippen molar-refractivity contribution in [2.45, 2.75) is 50.4 Å². The first-order chi connectivity index (χ1) is 13.0. The van der Waals surface area contributed by atoms with Gasteiger partial charge >= 0.3 is 0 Å². The van der Waals surface area contributed by atoms with Crippen molar-refractivity contribution in [3.8, 4) is 0 Å². The molecule has 8 heteroatoms. The Morgan fingerprint density at radius 2 is 1.78 bits per heavy atom. The number of rotatable bonds is 2. The van der Waals surface area contributed by atoms with Gasteiger partial charge in [-0.1, -0.05) is 0 Å². The van der Waals surface area contributed by atoms with E-state index in [1.165, 1.54) is 17.0 Å². The molecule has 0 aliphatic carbocycles. The second-order valence-electron chi connectivity index (χ2n) is 7.86. The van der Waals surface area contributed by atoms with Crippen molar-refractivity contribution in [2.24, 2.45) is 0 Å². The third-order valence-electron chi connectivity index (χ3n) is 6.17. The summed E-state index contributed by atoms with van der Waals surface area (Å²) in [4.78, 5) is 40.1. The molecule has 27 heavy (non-hydrogen) atoms. The predicted molar refractivity (Wildman–Crippen MR) is 94.6 cm³/mol. The summed E-state index contributed by atoms with van der Waals surface area (Å²) in [7, 11) is 0. The molecule has 4 heterocycles. The summed E-state index contributed by atoms with van der Waals surface area (Å²) < 4.78 is 14.8. The van der Waals surface area contributed by atoms with Gasteiger partial charge in [-0.3, -0.25) is 19.7 Å². The van der Waals surface area contributed by atoms with Crippen molar-refractivity contribution >= 4 is 23.4 Å². The molecular formula is C19H21FN4O3. The molecule has 2 bridgehead atoms. The number of anilines is 1. The molecule has 142 valence electrons. The molecule has 0 aromatic heterocycles. The summed E-state index contributed by atoms with van der Waals surface area (Å²) in [6.45, 7) is 1.64. The van der Waals surface area contributed by atoms with E-state index in [2.05, 4.69) is 10.6 Å². The standard InChI is InChI=1S/C19H21FN4O3/c20-14-4-3-12-13(17(14)23-7-10-1-2-11(8-23)21-10)9-24(19(12)27)15-5-6-16(25)22-18(15)26/h3-4,10-11,15,21H,1-2,5-9H2,(H,22,25,26)/t10-,11+,15?. The van der Waals surface area contributed by atoms with Gasteiger partial charge in [0.25, 0.3) is 5.91 Å². The van der Waals surface area contributed by atoms with Crippen LogP contribution >= 0.6 is 0 Å². The SMILES string of the molecule is O=C1CCC(N2Cc3c(ccc(F)c3N3C[C@H]4CC[C@@H](C3)N4)C2=O)C(=O)N1. The van der Waals surface area contributed by atoms with Gasteiger partial charge in [-0.05, 0) is 31.4 Å². The van der Waals surface area contributed by atoms with E-state index in [0.717, 1.165) is 25.9 Å². The lowest BCUT2D eigenvalue weighted by atomic mass is 10.0. The third-order valence-corrected chi connectivity index (χ3v) is 6.17. The predicted octanol–water partition coefficient (Wildman–Crippen LogP) is 0.527. The summed E-state index contributed by atoms with van der Waals surface area (Å²) >= 11 is 0. The maximum absolute atomic E-state index is 14.8. The van der Waals surface area contributed by atoms with Gasteiger partial charge in [-0.15, -0.1) is 0 Å². The van der Waals surface area contributed by atoms with Crippen LogP contribution in [0.3, 0.4) is 0 Å². The first kappa shape index (κ1) is 16.7. The second-order valence-corrected chi connectivity index (χ2v) is 7.86. The molecule has 1 unspecified atom stereocenters. The Labute approximate surface area is 155 Å². The number of halogens is 1. The monoisotopic (exact) mass is 372 g/mol. The van der Waals surface area contributed by atoms with Crippen molar-refractivity contribution in [3.63, 3.8) is 0 Å². The highest BCUT2D eigenvalue weighted by atomic mass is 19.1. The molecule has 7 nitrogen and oxygen atoms in total. The Bertz CT molecular complexity index is 846. The first-order valence-corrected chi connectivity index (χ1v) is 9.48. The van der Waals surface area contributed by atoms with E-state index in [9.17, 15) is 18.8 Å². The number of amides is 3. The van der Waals surface area contributed by atoms with E-state index in [4.69, 9.17) is 0 Å². The number of nitrogens with one attached hydrogen (secondary N) is 2. The van der Waals surface area contributed by atoms with Crippen LogP contribution in [0.2, 0.25) is 0 Å². The van der Waals surface area contributed by atoms with Crippen LogP contribution in [-0.2, 0) is 16.1 Å². The average Bonchev–Trinajstić information content (AvgIpc) is 3.14. The quantitative estimate of drug-likeness (QED) is 0.740. The molecule has 4 aliphatic rings. The van der Waals surface area contributed by atoms with Gasteiger partial charge in [0.05, 0.1) is 5.69 Å². The van der Waals surface area contributed by atoms with E-state index in [1.807, 2.05) is 4.90 Å². The minimum absolute atomic E-state index is 0.201. The summed E-state index contributed by atoms with van der Waals surface area (Å²) in [5, 5.41) is 5.83. The minimum Gasteiger partial charge on any atom is -0.366 e. The average molecular weight is 372 g/mol. The first-order valence-electron chi connectivity index (χ1n) is 9.48. The molecule has 2 N–H and O–H groups in total. The largest absolute Gasteiger partial charge is 0.366 e. The van der Waals surface area contributed by atoms with Crippen LogP contribution in [0.1, 0.15) is 41.6 Å². The Morgan fingerprint density at radius 3 is 2.48 bits per heavy atom. The van der Waals surface area contributed by atoms with Gasteiger partial charge in [0.1, 0.15) is 11.9 Å². The lowest BCUT2D eigenvalue weighted by Gasteiger charge is -2.36. The van der Waals surface area contributed by atoms with Crippen molar-refractivity contribution < 1.29 is 18.8 Å².